The molecule has 0 aliphatic heterocycles. The molecule has 0 aliphatic rings. The lowest BCUT2D eigenvalue weighted by atomic mass is 10.1. The molecule has 0 saturated carbocycles. The van der Waals surface area contributed by atoms with E-state index in [-0.39, 0.29) is 5.69 Å². The quantitative estimate of drug-likeness (QED) is 0.525. The number of nitrogens with zero attached hydrogens (tertiary/aromatic N) is 1. The zero-order valence-corrected chi connectivity index (χ0v) is 6.97. The van der Waals surface area contributed by atoms with Crippen LogP contribution < -0.4 is 0 Å². The van der Waals surface area contributed by atoms with Crippen molar-refractivity contribution in [1.82, 2.24) is 9.97 Å². The lowest BCUT2D eigenvalue weighted by Crippen LogP contribution is -2.29. The summed E-state index contributed by atoms with van der Waals surface area (Å²) in [6.07, 6.45) is -0.278. The molecule has 6 heteroatoms. The van der Waals surface area contributed by atoms with Gasteiger partial charge in [-0.3, -0.25) is 0 Å². The number of aliphatic hydroxyl groups is 2. The number of aromatic nitrogens is 2. The predicted octanol–water partition coefficient (Wildman–Crippen LogP) is -1.02. The maximum atomic E-state index is 10.8. The maximum Gasteiger partial charge on any atom is 0.337 e. The molecule has 6 nitrogen and oxygen atoms in total. The van der Waals surface area contributed by atoms with Gasteiger partial charge < -0.3 is 19.9 Å². The van der Waals surface area contributed by atoms with E-state index < -0.39 is 18.2 Å². The number of carbonyl (C=O) groups excluding carboxylic acids is 1. The van der Waals surface area contributed by atoms with E-state index in [9.17, 15) is 15.0 Å². The molecule has 0 fully saturated rings. The van der Waals surface area contributed by atoms with Crippen molar-refractivity contribution in [3.05, 3.63) is 18.2 Å². The van der Waals surface area contributed by atoms with Crippen LogP contribution in [0.3, 0.4) is 0 Å². The van der Waals surface area contributed by atoms with Gasteiger partial charge in [-0.25, -0.2) is 9.78 Å². The standard InChI is InChI=1S/C7H10N2O4/c1-13-7(12)6(11)5(10)4-2-8-3-9-4/h2-3,5-6,10-11H,1H3,(H,8,9). The van der Waals surface area contributed by atoms with Gasteiger partial charge in [0.25, 0.3) is 0 Å². The molecule has 3 N–H and O–H groups in total. The Morgan fingerprint density at radius 3 is 2.85 bits per heavy atom. The molecule has 2 unspecified atom stereocenters. The fourth-order valence-electron chi connectivity index (χ4n) is 0.848. The number of esters is 1. The van der Waals surface area contributed by atoms with E-state index in [1.165, 1.54) is 12.5 Å². The summed E-state index contributed by atoms with van der Waals surface area (Å²) in [4.78, 5) is 17.0. The first kappa shape index (κ1) is 9.69. The van der Waals surface area contributed by atoms with Crippen LogP contribution in [0, 0.1) is 0 Å². The monoisotopic (exact) mass is 186 g/mol. The summed E-state index contributed by atoms with van der Waals surface area (Å²) in [5, 5.41) is 18.5. The molecular weight excluding hydrogens is 176 g/mol. The highest BCUT2D eigenvalue weighted by Crippen LogP contribution is 2.13. The number of nitrogens with one attached hydrogen (secondary N) is 1. The number of ether oxygens (including phenoxy) is 1. The molecule has 0 aromatic carbocycles. The SMILES string of the molecule is COC(=O)C(O)C(O)c1cnc[nH]1. The van der Waals surface area contributed by atoms with Crippen LogP contribution in [0.2, 0.25) is 0 Å². The summed E-state index contributed by atoms with van der Waals surface area (Å²) in [5.41, 5.74) is 0.262. The van der Waals surface area contributed by atoms with Gasteiger partial charge in [-0.1, -0.05) is 0 Å². The van der Waals surface area contributed by atoms with Gasteiger partial charge in [0.1, 0.15) is 6.10 Å². The minimum atomic E-state index is -1.59. The van der Waals surface area contributed by atoms with Crippen molar-refractivity contribution in [2.45, 2.75) is 12.2 Å². The third kappa shape index (κ3) is 2.04. The van der Waals surface area contributed by atoms with E-state index >= 15 is 0 Å². The number of hydrogen-bond acceptors (Lipinski definition) is 5. The molecule has 13 heavy (non-hydrogen) atoms. The summed E-state index contributed by atoms with van der Waals surface area (Å²) in [5.74, 6) is -0.887. The minimum absolute atomic E-state index is 0.262. The highest BCUT2D eigenvalue weighted by Gasteiger charge is 2.27. The topological polar surface area (TPSA) is 95.4 Å². The number of aromatic amines is 1. The Hall–Kier alpha value is -1.40. The van der Waals surface area contributed by atoms with Crippen LogP contribution in [-0.2, 0) is 9.53 Å². The Bertz CT molecular complexity index is 272. The van der Waals surface area contributed by atoms with Gasteiger partial charge in [0.15, 0.2) is 6.10 Å². The first-order chi connectivity index (χ1) is 6.16. The Labute approximate surface area is 74.2 Å². The second-order valence-corrected chi connectivity index (χ2v) is 2.42. The number of carbonyl (C=O) groups is 1. The Kier molecular flexibility index (Phi) is 2.99. The van der Waals surface area contributed by atoms with Crippen molar-refractivity contribution >= 4 is 5.97 Å². The molecule has 0 bridgehead atoms. The van der Waals surface area contributed by atoms with Crippen molar-refractivity contribution in [2.75, 3.05) is 7.11 Å². The van der Waals surface area contributed by atoms with Crippen LogP contribution in [0.25, 0.3) is 0 Å². The van der Waals surface area contributed by atoms with Gasteiger partial charge in [-0.2, -0.15) is 0 Å². The lowest BCUT2D eigenvalue weighted by Gasteiger charge is -2.13. The first-order valence-electron chi connectivity index (χ1n) is 3.59. The highest BCUT2D eigenvalue weighted by atomic mass is 16.5. The fraction of sp³-hybridized carbons (Fsp3) is 0.429. The van der Waals surface area contributed by atoms with Crippen molar-refractivity contribution in [1.29, 1.82) is 0 Å². The molecule has 1 aromatic heterocycles. The molecule has 0 spiro atoms. The number of aliphatic hydroxyl groups excluding tert-OH is 2. The van der Waals surface area contributed by atoms with E-state index in [2.05, 4.69) is 14.7 Å². The molecule has 2 atom stereocenters. The molecule has 72 valence electrons. The van der Waals surface area contributed by atoms with Gasteiger partial charge in [0.2, 0.25) is 0 Å². The summed E-state index contributed by atoms with van der Waals surface area (Å²) in [6.45, 7) is 0. The van der Waals surface area contributed by atoms with Gasteiger partial charge in [-0.05, 0) is 0 Å². The van der Waals surface area contributed by atoms with Crippen LogP contribution in [0.5, 0.6) is 0 Å². The molecule has 1 heterocycles. The predicted molar refractivity (Wildman–Crippen MR) is 41.6 cm³/mol. The van der Waals surface area contributed by atoms with E-state index in [1.807, 2.05) is 0 Å². The number of methoxy groups -OCH3 is 1. The summed E-state index contributed by atoms with van der Waals surface area (Å²) < 4.78 is 4.25. The van der Waals surface area contributed by atoms with Crippen LogP contribution in [0.4, 0.5) is 0 Å². The van der Waals surface area contributed by atoms with Crippen LogP contribution in [-0.4, -0.2) is 39.4 Å². The highest BCUT2D eigenvalue weighted by molar-refractivity contribution is 5.75. The number of hydrogen-bond donors (Lipinski definition) is 3. The number of rotatable bonds is 3. The average molecular weight is 186 g/mol. The first-order valence-corrected chi connectivity index (χ1v) is 3.59. The third-order valence-electron chi connectivity index (χ3n) is 1.58. The van der Waals surface area contributed by atoms with Crippen molar-refractivity contribution in [2.24, 2.45) is 0 Å². The van der Waals surface area contributed by atoms with Gasteiger partial charge in [0.05, 0.1) is 25.3 Å². The summed E-state index contributed by atoms with van der Waals surface area (Å²) in [7, 11) is 1.13. The molecule has 0 aliphatic carbocycles. The number of imidazole rings is 1. The van der Waals surface area contributed by atoms with Crippen molar-refractivity contribution < 1.29 is 19.7 Å². The third-order valence-corrected chi connectivity index (χ3v) is 1.58. The van der Waals surface area contributed by atoms with Crippen molar-refractivity contribution in [3.63, 3.8) is 0 Å². The van der Waals surface area contributed by atoms with Crippen LogP contribution in [0.1, 0.15) is 11.8 Å². The molecule has 0 amide bonds. The fourth-order valence-corrected chi connectivity index (χ4v) is 0.848. The lowest BCUT2D eigenvalue weighted by molar-refractivity contribution is -0.157. The zero-order valence-electron chi connectivity index (χ0n) is 6.97. The van der Waals surface area contributed by atoms with E-state index in [0.717, 1.165) is 7.11 Å². The van der Waals surface area contributed by atoms with E-state index in [1.54, 1.807) is 0 Å². The summed E-state index contributed by atoms with van der Waals surface area (Å²) in [6, 6.07) is 0. The molecular formula is C7H10N2O4. The smallest absolute Gasteiger partial charge is 0.337 e. The Balaban J connectivity index is 2.68. The van der Waals surface area contributed by atoms with E-state index in [0.29, 0.717) is 0 Å². The second-order valence-electron chi connectivity index (χ2n) is 2.42. The Morgan fingerprint density at radius 2 is 2.38 bits per heavy atom. The van der Waals surface area contributed by atoms with E-state index in [4.69, 9.17) is 0 Å². The van der Waals surface area contributed by atoms with Crippen LogP contribution in [0.15, 0.2) is 12.5 Å². The van der Waals surface area contributed by atoms with Crippen molar-refractivity contribution in [3.8, 4) is 0 Å². The zero-order chi connectivity index (χ0) is 9.84. The second kappa shape index (κ2) is 4.01. The van der Waals surface area contributed by atoms with Gasteiger partial charge >= 0.3 is 5.97 Å². The average Bonchev–Trinajstić information content (AvgIpc) is 2.67. The van der Waals surface area contributed by atoms with Gasteiger partial charge in [-0.15, -0.1) is 0 Å². The molecule has 1 aromatic rings. The largest absolute Gasteiger partial charge is 0.467 e. The Morgan fingerprint density at radius 1 is 1.69 bits per heavy atom. The normalized spacial score (nSPS) is 15.0. The molecule has 1 rings (SSSR count). The summed E-state index contributed by atoms with van der Waals surface area (Å²) >= 11 is 0. The van der Waals surface area contributed by atoms with Gasteiger partial charge in [0, 0.05) is 0 Å². The molecule has 0 saturated heterocycles. The maximum absolute atomic E-state index is 10.8. The number of H-pyrrole nitrogens is 1. The van der Waals surface area contributed by atoms with Crippen LogP contribution >= 0.6 is 0 Å². The molecule has 0 radical (unpaired) electrons. The minimum Gasteiger partial charge on any atom is -0.467 e.